The molecule has 90 valence electrons. The number of pyridine rings is 1. The van der Waals surface area contributed by atoms with Gasteiger partial charge in [-0.25, -0.2) is 4.39 Å². The molecule has 0 spiro atoms. The number of aliphatic hydroxyl groups is 1. The van der Waals surface area contributed by atoms with E-state index < -0.39 is 11.9 Å². The molecule has 2 aromatic heterocycles. The van der Waals surface area contributed by atoms with Gasteiger partial charge in [0.05, 0.1) is 25.2 Å². The molecule has 0 saturated carbocycles. The molecular weight excluding hydrogens is 225 g/mol. The molecule has 2 aromatic rings. The van der Waals surface area contributed by atoms with Gasteiger partial charge in [0.25, 0.3) is 0 Å². The van der Waals surface area contributed by atoms with Crippen LogP contribution in [0.1, 0.15) is 17.5 Å². The first kappa shape index (κ1) is 11.5. The molecule has 2 rings (SSSR count). The van der Waals surface area contributed by atoms with Crippen LogP contribution in [-0.2, 0) is 7.05 Å². The summed E-state index contributed by atoms with van der Waals surface area (Å²) in [4.78, 5) is 3.83. The lowest BCUT2D eigenvalue weighted by Crippen LogP contribution is -2.09. The molecule has 1 N–H and O–H groups in total. The number of hydrogen-bond donors (Lipinski definition) is 1. The number of ether oxygens (including phenoxy) is 1. The standard InChI is InChI=1S/C11H12FN3O2/c1-15-10(9(17-2)6-14-15)11(16)8-4-3-7(12)5-13-8/h3-6,11,16H,1-2H3. The largest absolute Gasteiger partial charge is 0.493 e. The molecule has 2 heterocycles. The van der Waals surface area contributed by atoms with Gasteiger partial charge < -0.3 is 9.84 Å². The van der Waals surface area contributed by atoms with Crippen LogP contribution in [0, 0.1) is 5.82 Å². The van der Waals surface area contributed by atoms with Crippen LogP contribution in [-0.4, -0.2) is 27.0 Å². The van der Waals surface area contributed by atoms with Crippen LogP contribution in [0.25, 0.3) is 0 Å². The van der Waals surface area contributed by atoms with Crippen molar-refractivity contribution in [1.82, 2.24) is 14.8 Å². The molecule has 0 aromatic carbocycles. The van der Waals surface area contributed by atoms with Gasteiger partial charge >= 0.3 is 0 Å². The second-order valence-corrected chi connectivity index (χ2v) is 3.53. The van der Waals surface area contributed by atoms with E-state index in [9.17, 15) is 9.50 Å². The lowest BCUT2D eigenvalue weighted by molar-refractivity contribution is 0.199. The lowest BCUT2D eigenvalue weighted by Gasteiger charge is -2.12. The molecule has 0 radical (unpaired) electrons. The van der Waals surface area contributed by atoms with E-state index in [1.165, 1.54) is 30.1 Å². The summed E-state index contributed by atoms with van der Waals surface area (Å²) in [6.07, 6.45) is 1.56. The summed E-state index contributed by atoms with van der Waals surface area (Å²) in [5.41, 5.74) is 0.819. The van der Waals surface area contributed by atoms with Crippen molar-refractivity contribution < 1.29 is 14.2 Å². The Hall–Kier alpha value is -1.95. The molecule has 1 unspecified atom stereocenters. The predicted molar refractivity (Wildman–Crippen MR) is 58.0 cm³/mol. The SMILES string of the molecule is COc1cnn(C)c1C(O)c1ccc(F)cn1. The fraction of sp³-hybridized carbons (Fsp3) is 0.273. The third-order valence-corrected chi connectivity index (χ3v) is 2.46. The van der Waals surface area contributed by atoms with Gasteiger partial charge in [-0.3, -0.25) is 9.67 Å². The van der Waals surface area contributed by atoms with E-state index in [0.717, 1.165) is 6.20 Å². The van der Waals surface area contributed by atoms with Gasteiger partial charge in [-0.1, -0.05) is 0 Å². The number of aromatic nitrogens is 3. The van der Waals surface area contributed by atoms with E-state index in [-0.39, 0.29) is 0 Å². The van der Waals surface area contributed by atoms with Crippen molar-refractivity contribution in [1.29, 1.82) is 0 Å². The summed E-state index contributed by atoms with van der Waals surface area (Å²) in [5.74, 6) is 0.0176. The Kier molecular flexibility index (Phi) is 3.06. The van der Waals surface area contributed by atoms with E-state index in [4.69, 9.17) is 4.74 Å². The molecule has 1 atom stereocenters. The highest BCUT2D eigenvalue weighted by atomic mass is 19.1. The first-order valence-corrected chi connectivity index (χ1v) is 4.99. The van der Waals surface area contributed by atoms with E-state index in [0.29, 0.717) is 17.1 Å². The quantitative estimate of drug-likeness (QED) is 0.866. The summed E-state index contributed by atoms with van der Waals surface area (Å²) in [6, 6.07) is 2.67. The highest BCUT2D eigenvalue weighted by Crippen LogP contribution is 2.28. The van der Waals surface area contributed by atoms with Crippen molar-refractivity contribution in [2.75, 3.05) is 7.11 Å². The van der Waals surface area contributed by atoms with Gasteiger partial charge in [0.1, 0.15) is 17.6 Å². The number of aryl methyl sites for hydroxylation is 1. The zero-order chi connectivity index (χ0) is 12.4. The zero-order valence-electron chi connectivity index (χ0n) is 9.46. The smallest absolute Gasteiger partial charge is 0.163 e. The van der Waals surface area contributed by atoms with Gasteiger partial charge in [0.15, 0.2) is 5.75 Å². The molecule has 0 aliphatic heterocycles. The third kappa shape index (κ3) is 2.12. The first-order chi connectivity index (χ1) is 8.13. The number of nitrogens with zero attached hydrogens (tertiary/aromatic N) is 3. The van der Waals surface area contributed by atoms with Crippen LogP contribution < -0.4 is 4.74 Å². The molecule has 17 heavy (non-hydrogen) atoms. The monoisotopic (exact) mass is 237 g/mol. The van der Waals surface area contributed by atoms with Gasteiger partial charge in [0, 0.05) is 7.05 Å². The van der Waals surface area contributed by atoms with Crippen molar-refractivity contribution in [3.8, 4) is 5.75 Å². The number of rotatable bonds is 3. The minimum atomic E-state index is -1.00. The molecule has 5 nitrogen and oxygen atoms in total. The fourth-order valence-corrected chi connectivity index (χ4v) is 1.58. The van der Waals surface area contributed by atoms with E-state index in [2.05, 4.69) is 10.1 Å². The number of hydrogen-bond acceptors (Lipinski definition) is 4. The van der Waals surface area contributed by atoms with Crippen molar-refractivity contribution in [3.05, 3.63) is 41.7 Å². The summed E-state index contributed by atoms with van der Waals surface area (Å²) >= 11 is 0. The van der Waals surface area contributed by atoms with Crippen molar-refractivity contribution >= 4 is 0 Å². The van der Waals surface area contributed by atoms with Crippen LogP contribution in [0.5, 0.6) is 5.75 Å². The Morgan fingerprint density at radius 2 is 2.18 bits per heavy atom. The Morgan fingerprint density at radius 1 is 1.41 bits per heavy atom. The Balaban J connectivity index is 2.39. The molecule has 6 heteroatoms. The van der Waals surface area contributed by atoms with Crippen LogP contribution >= 0.6 is 0 Å². The Morgan fingerprint density at radius 3 is 2.76 bits per heavy atom. The topological polar surface area (TPSA) is 60.2 Å². The minimum Gasteiger partial charge on any atom is -0.493 e. The van der Waals surface area contributed by atoms with Gasteiger partial charge in [-0.05, 0) is 12.1 Å². The molecule has 0 bridgehead atoms. The molecule has 0 saturated heterocycles. The van der Waals surface area contributed by atoms with E-state index in [1.807, 2.05) is 0 Å². The normalized spacial score (nSPS) is 12.5. The summed E-state index contributed by atoms with van der Waals surface area (Å²) in [6.45, 7) is 0. The second-order valence-electron chi connectivity index (χ2n) is 3.53. The highest BCUT2D eigenvalue weighted by Gasteiger charge is 2.21. The summed E-state index contributed by atoms with van der Waals surface area (Å²) in [7, 11) is 3.18. The number of aliphatic hydroxyl groups excluding tert-OH is 1. The summed E-state index contributed by atoms with van der Waals surface area (Å²) in [5, 5.41) is 14.1. The fourth-order valence-electron chi connectivity index (χ4n) is 1.58. The van der Waals surface area contributed by atoms with Crippen LogP contribution in [0.3, 0.4) is 0 Å². The van der Waals surface area contributed by atoms with Crippen LogP contribution in [0.4, 0.5) is 4.39 Å². The molecule has 0 fully saturated rings. The Labute approximate surface area is 97.5 Å². The number of methoxy groups -OCH3 is 1. The molecule has 0 amide bonds. The molecule has 0 aliphatic rings. The minimum absolute atomic E-state index is 0.341. The maximum absolute atomic E-state index is 12.7. The molecular formula is C11H12FN3O2. The van der Waals surface area contributed by atoms with Crippen LogP contribution in [0.15, 0.2) is 24.5 Å². The predicted octanol–water partition coefficient (Wildman–Crippen LogP) is 1.04. The lowest BCUT2D eigenvalue weighted by atomic mass is 10.1. The average molecular weight is 237 g/mol. The van der Waals surface area contributed by atoms with E-state index >= 15 is 0 Å². The Bertz CT molecular complexity index is 510. The van der Waals surface area contributed by atoms with Crippen molar-refractivity contribution in [3.63, 3.8) is 0 Å². The summed E-state index contributed by atoms with van der Waals surface area (Å²) < 4.78 is 19.3. The van der Waals surface area contributed by atoms with Crippen molar-refractivity contribution in [2.24, 2.45) is 7.05 Å². The number of halogens is 1. The van der Waals surface area contributed by atoms with Gasteiger partial charge in [-0.2, -0.15) is 5.10 Å². The van der Waals surface area contributed by atoms with Gasteiger partial charge in [0.2, 0.25) is 0 Å². The molecule has 0 aliphatic carbocycles. The average Bonchev–Trinajstić information content (AvgIpc) is 2.70. The van der Waals surface area contributed by atoms with Crippen LogP contribution in [0.2, 0.25) is 0 Å². The van der Waals surface area contributed by atoms with Crippen molar-refractivity contribution in [2.45, 2.75) is 6.10 Å². The van der Waals surface area contributed by atoms with E-state index in [1.54, 1.807) is 7.05 Å². The third-order valence-electron chi connectivity index (χ3n) is 2.46. The zero-order valence-corrected chi connectivity index (χ0v) is 9.46. The maximum atomic E-state index is 12.7. The maximum Gasteiger partial charge on any atom is 0.163 e. The van der Waals surface area contributed by atoms with Gasteiger partial charge in [-0.15, -0.1) is 0 Å². The second kappa shape index (κ2) is 4.50. The highest BCUT2D eigenvalue weighted by molar-refractivity contribution is 5.32. The first-order valence-electron chi connectivity index (χ1n) is 4.99.